The quantitative estimate of drug-likeness (QED) is 0.0211. The highest BCUT2D eigenvalue weighted by molar-refractivity contribution is 5.71. The third-order valence-corrected chi connectivity index (χ3v) is 16.0. The van der Waals surface area contributed by atoms with Crippen molar-refractivity contribution < 1.29 is 42.9 Å². The van der Waals surface area contributed by atoms with Crippen LogP contribution >= 0.6 is 0 Å². The number of hydrogen-bond donors (Lipinski definition) is 1. The molecule has 95 heavy (non-hydrogen) atoms. The lowest BCUT2D eigenvalue weighted by Gasteiger charge is -2.25. The van der Waals surface area contributed by atoms with E-state index in [9.17, 15) is 19.5 Å². The zero-order valence-corrected chi connectivity index (χ0v) is 61.5. The highest BCUT2D eigenvalue weighted by atomic mass is 16.7. The summed E-state index contributed by atoms with van der Waals surface area (Å²) in [5.74, 6) is -2.09. The number of hydrogen-bond acceptors (Lipinski definition) is 7. The van der Waals surface area contributed by atoms with Gasteiger partial charge in [-0.05, 0) is 122 Å². The second-order valence-corrected chi connectivity index (χ2v) is 26.2. The molecule has 0 aromatic rings. The maximum atomic E-state index is 12.9. The van der Waals surface area contributed by atoms with Crippen LogP contribution in [0.2, 0.25) is 0 Å². The first-order chi connectivity index (χ1) is 46.6. The average molecular weight is 1320 g/mol. The lowest BCUT2D eigenvalue weighted by Crippen LogP contribution is -2.40. The molecule has 2 unspecified atom stereocenters. The number of carbonyl (C=O) groups excluding carboxylic acids is 2. The summed E-state index contributed by atoms with van der Waals surface area (Å²) in [5, 5.41) is 9.76. The molecule has 0 aromatic carbocycles. The van der Waals surface area contributed by atoms with Gasteiger partial charge >= 0.3 is 17.9 Å². The van der Waals surface area contributed by atoms with E-state index in [1.54, 1.807) is 0 Å². The summed E-state index contributed by atoms with van der Waals surface area (Å²) in [5.41, 5.74) is 0. The van der Waals surface area contributed by atoms with Crippen LogP contribution in [-0.2, 0) is 33.3 Å². The summed E-state index contributed by atoms with van der Waals surface area (Å²) < 4.78 is 22.9. The molecule has 0 amide bonds. The number of allylic oxidation sites excluding steroid dienone is 28. The SMILES string of the molecule is CC/C=C\C/C=C\C/C=C\C/C=C\C/C=C\C/C=C\C/C=C\C/C=C\C/C=C\CCCC(=O)OC(COC(=O)CCCCCCCCCCCCCCCCCCCCCCCCCCC/C=C\C/C=C\C/C=C\C/C=C\C/C=C\CC)COC(OCC[N+](C)(C)C)C(=O)O. The van der Waals surface area contributed by atoms with E-state index in [0.717, 1.165) is 109 Å². The Morgan fingerprint density at radius 2 is 0.579 bits per heavy atom. The summed E-state index contributed by atoms with van der Waals surface area (Å²) in [6.45, 7) is 4.59. The molecule has 0 bridgehead atoms. The van der Waals surface area contributed by atoms with Crippen LogP contribution in [0.3, 0.4) is 0 Å². The van der Waals surface area contributed by atoms with E-state index in [0.29, 0.717) is 23.9 Å². The van der Waals surface area contributed by atoms with E-state index in [-0.39, 0.29) is 38.6 Å². The molecule has 1 N–H and O–H groups in total. The van der Waals surface area contributed by atoms with Gasteiger partial charge in [0.15, 0.2) is 6.10 Å². The lowest BCUT2D eigenvalue weighted by atomic mass is 10.0. The Bertz CT molecular complexity index is 2170. The zero-order valence-electron chi connectivity index (χ0n) is 61.5. The summed E-state index contributed by atoms with van der Waals surface area (Å²) in [7, 11) is 5.95. The highest BCUT2D eigenvalue weighted by Crippen LogP contribution is 2.18. The first-order valence-electron chi connectivity index (χ1n) is 38.3. The largest absolute Gasteiger partial charge is 0.477 e. The van der Waals surface area contributed by atoms with Crippen molar-refractivity contribution in [3.8, 4) is 0 Å². The predicted molar refractivity (Wildman–Crippen MR) is 410 cm³/mol. The summed E-state index contributed by atoms with van der Waals surface area (Å²) in [6, 6.07) is 0. The second-order valence-electron chi connectivity index (χ2n) is 26.2. The smallest absolute Gasteiger partial charge is 0.361 e. The van der Waals surface area contributed by atoms with E-state index in [1.165, 1.54) is 148 Å². The number of carboxylic acids is 1. The van der Waals surface area contributed by atoms with Crippen molar-refractivity contribution in [2.24, 2.45) is 0 Å². The molecular weight excluding hydrogens is 1170 g/mol. The van der Waals surface area contributed by atoms with Gasteiger partial charge in [0.2, 0.25) is 0 Å². The number of rotatable bonds is 69. The zero-order chi connectivity index (χ0) is 69.0. The number of aliphatic carboxylic acids is 1. The number of unbranched alkanes of at least 4 members (excludes halogenated alkanes) is 26. The van der Waals surface area contributed by atoms with Crippen molar-refractivity contribution in [3.63, 3.8) is 0 Å². The van der Waals surface area contributed by atoms with Crippen LogP contribution in [0, 0.1) is 0 Å². The second kappa shape index (κ2) is 74.4. The molecule has 0 aliphatic carbocycles. The number of ether oxygens (including phenoxy) is 4. The highest BCUT2D eigenvalue weighted by Gasteiger charge is 2.25. The molecule has 0 radical (unpaired) electrons. The first-order valence-corrected chi connectivity index (χ1v) is 38.3. The molecular formula is C86H142NO8+. The van der Waals surface area contributed by atoms with Gasteiger partial charge in [-0.15, -0.1) is 0 Å². The van der Waals surface area contributed by atoms with Gasteiger partial charge in [0.05, 0.1) is 34.4 Å². The maximum Gasteiger partial charge on any atom is 0.361 e. The molecule has 0 saturated heterocycles. The summed E-state index contributed by atoms with van der Waals surface area (Å²) in [6.07, 6.45) is 109. The van der Waals surface area contributed by atoms with Gasteiger partial charge in [-0.25, -0.2) is 4.79 Å². The van der Waals surface area contributed by atoms with E-state index in [4.69, 9.17) is 18.9 Å². The van der Waals surface area contributed by atoms with Gasteiger partial charge in [0.1, 0.15) is 13.2 Å². The van der Waals surface area contributed by atoms with Crippen LogP contribution in [0.5, 0.6) is 0 Å². The monoisotopic (exact) mass is 1320 g/mol. The standard InChI is InChI=1S/C86H141NO8/c1-6-8-10-12-14-16-18-20-22-24-26-28-30-32-34-36-37-38-39-40-41-42-43-44-45-46-47-49-50-52-54-56-58-60-62-64-66-68-70-72-74-76-83(88)93-80-82(81-94-86(85(90)91)92-79-78-87(3,4)5)95-84(89)77-75-73-71-69-67-65-63-61-59-57-55-53-51-48-35-33-31-29-27-25-23-21-19-17-15-13-11-9-7-2/h8-11,14-17,20-23,26-29,32-35,51,53,57,59,63,65,69,71,82,86H,6-7,12-13,18-19,24-25,30-31,36-50,52,54-56,58,60-62,64,66-68,70,72-81H2,1-5H3/p+1/b10-8-,11-9-,16-14-,17-15-,22-20-,23-21-,28-26-,29-27-,34-32-,35-33-,53-51-,59-57-,65-63-,71-69-. The fourth-order valence-electron chi connectivity index (χ4n) is 10.2. The number of esters is 2. The Balaban J connectivity index is 4.10. The fourth-order valence-corrected chi connectivity index (χ4v) is 10.2. The number of quaternary nitrogens is 1. The van der Waals surface area contributed by atoms with Crippen LogP contribution in [0.4, 0.5) is 0 Å². The van der Waals surface area contributed by atoms with Gasteiger partial charge in [-0.3, -0.25) is 9.59 Å². The molecule has 0 aliphatic heterocycles. The number of carbonyl (C=O) groups is 3. The van der Waals surface area contributed by atoms with Crippen LogP contribution < -0.4 is 0 Å². The van der Waals surface area contributed by atoms with Crippen LogP contribution in [0.15, 0.2) is 170 Å². The third kappa shape index (κ3) is 75.9. The van der Waals surface area contributed by atoms with Crippen molar-refractivity contribution in [1.82, 2.24) is 0 Å². The normalized spacial score (nSPS) is 13.7. The van der Waals surface area contributed by atoms with Crippen LogP contribution in [-0.4, -0.2) is 87.4 Å². The Labute approximate surface area is 584 Å². The Kier molecular flexibility index (Phi) is 70.2. The number of likely N-dealkylation sites (N-methyl/N-ethyl adjacent to an activating group) is 1. The first kappa shape index (κ1) is 89.6. The van der Waals surface area contributed by atoms with Gasteiger partial charge in [-0.1, -0.05) is 332 Å². The lowest BCUT2D eigenvalue weighted by molar-refractivity contribution is -0.870. The van der Waals surface area contributed by atoms with Gasteiger partial charge in [-0.2, -0.15) is 0 Å². The summed E-state index contributed by atoms with van der Waals surface area (Å²) in [4.78, 5) is 37.7. The summed E-state index contributed by atoms with van der Waals surface area (Å²) >= 11 is 0. The Morgan fingerprint density at radius 1 is 0.316 bits per heavy atom. The van der Waals surface area contributed by atoms with E-state index < -0.39 is 24.3 Å². The average Bonchev–Trinajstić information content (AvgIpc) is 2.86. The van der Waals surface area contributed by atoms with Crippen molar-refractivity contribution in [2.75, 3.05) is 47.5 Å². The molecule has 9 heteroatoms. The maximum absolute atomic E-state index is 12.9. The van der Waals surface area contributed by atoms with E-state index in [2.05, 4.69) is 184 Å². The molecule has 0 aromatic heterocycles. The fraction of sp³-hybridized carbons (Fsp3) is 0.640. The van der Waals surface area contributed by atoms with Crippen molar-refractivity contribution >= 4 is 17.9 Å². The molecule has 0 fully saturated rings. The topological polar surface area (TPSA) is 108 Å². The minimum Gasteiger partial charge on any atom is -0.477 e. The molecule has 0 spiro atoms. The third-order valence-electron chi connectivity index (χ3n) is 16.0. The molecule has 538 valence electrons. The van der Waals surface area contributed by atoms with Crippen molar-refractivity contribution in [1.29, 1.82) is 0 Å². The number of carboxylic acid groups (broad SMARTS) is 1. The minimum atomic E-state index is -1.54. The predicted octanol–water partition coefficient (Wildman–Crippen LogP) is 24.6. The molecule has 0 heterocycles. The molecule has 0 aliphatic rings. The number of nitrogens with zero attached hydrogens (tertiary/aromatic N) is 1. The van der Waals surface area contributed by atoms with E-state index in [1.807, 2.05) is 21.1 Å². The van der Waals surface area contributed by atoms with Crippen molar-refractivity contribution in [3.05, 3.63) is 170 Å². The van der Waals surface area contributed by atoms with E-state index >= 15 is 0 Å². The van der Waals surface area contributed by atoms with Gasteiger partial charge in [0.25, 0.3) is 6.29 Å². The Hall–Kier alpha value is -5.35. The minimum absolute atomic E-state index is 0.170. The Morgan fingerprint density at radius 3 is 0.874 bits per heavy atom. The molecule has 0 rings (SSSR count). The molecule has 0 saturated carbocycles. The molecule has 9 nitrogen and oxygen atoms in total. The van der Waals surface area contributed by atoms with Crippen LogP contribution in [0.25, 0.3) is 0 Å². The van der Waals surface area contributed by atoms with Gasteiger partial charge < -0.3 is 28.5 Å². The van der Waals surface area contributed by atoms with Crippen molar-refractivity contribution in [2.45, 2.75) is 309 Å². The van der Waals surface area contributed by atoms with Gasteiger partial charge in [0, 0.05) is 12.8 Å². The van der Waals surface area contributed by atoms with Crippen LogP contribution in [0.1, 0.15) is 296 Å². The molecule has 2 atom stereocenters.